The van der Waals surface area contributed by atoms with E-state index in [9.17, 15) is 9.59 Å². The summed E-state index contributed by atoms with van der Waals surface area (Å²) in [4.78, 5) is 25.9. The van der Waals surface area contributed by atoms with Gasteiger partial charge < -0.3 is 25.6 Å². The van der Waals surface area contributed by atoms with E-state index in [2.05, 4.69) is 20.9 Å². The number of hydrogen-bond acceptors (Lipinski definition) is 5. The molecule has 0 spiro atoms. The summed E-state index contributed by atoms with van der Waals surface area (Å²) in [5.41, 5.74) is 1.08. The van der Waals surface area contributed by atoms with Crippen LogP contribution in [0.2, 0.25) is 0 Å². The van der Waals surface area contributed by atoms with Gasteiger partial charge in [0.05, 0.1) is 5.69 Å². The lowest BCUT2D eigenvalue weighted by Crippen LogP contribution is -2.44. The Morgan fingerprint density at radius 3 is 2.96 bits per heavy atom. The zero-order valence-electron chi connectivity index (χ0n) is 13.1. The van der Waals surface area contributed by atoms with Gasteiger partial charge in [0.15, 0.2) is 6.61 Å². The summed E-state index contributed by atoms with van der Waals surface area (Å²) in [6.45, 7) is 5.87. The SMILES string of the molecule is O=C1COc2ccc(C(=O)NCCCN3CCNCC3)cc2N1. The Labute approximate surface area is 135 Å². The fraction of sp³-hybridized carbons (Fsp3) is 0.500. The molecule has 2 aliphatic heterocycles. The highest BCUT2D eigenvalue weighted by Gasteiger charge is 2.17. The number of rotatable bonds is 5. The van der Waals surface area contributed by atoms with Crippen LogP contribution in [0.1, 0.15) is 16.8 Å². The van der Waals surface area contributed by atoms with E-state index in [4.69, 9.17) is 4.74 Å². The molecule has 23 heavy (non-hydrogen) atoms. The van der Waals surface area contributed by atoms with Crippen LogP contribution in [0.4, 0.5) is 5.69 Å². The van der Waals surface area contributed by atoms with E-state index in [1.807, 2.05) is 0 Å². The molecule has 0 bridgehead atoms. The van der Waals surface area contributed by atoms with E-state index in [-0.39, 0.29) is 18.4 Å². The van der Waals surface area contributed by atoms with Gasteiger partial charge in [-0.1, -0.05) is 0 Å². The fourth-order valence-corrected chi connectivity index (χ4v) is 2.77. The lowest BCUT2D eigenvalue weighted by atomic mass is 10.1. The summed E-state index contributed by atoms with van der Waals surface area (Å²) >= 11 is 0. The Morgan fingerprint density at radius 2 is 2.13 bits per heavy atom. The van der Waals surface area contributed by atoms with Gasteiger partial charge in [0.2, 0.25) is 0 Å². The predicted octanol–water partition coefficient (Wildman–Crippen LogP) is 0.0426. The Balaban J connectivity index is 1.46. The second-order valence-electron chi connectivity index (χ2n) is 5.75. The van der Waals surface area contributed by atoms with Crippen molar-refractivity contribution in [1.82, 2.24) is 15.5 Å². The molecular weight excluding hydrogens is 296 g/mol. The van der Waals surface area contributed by atoms with Crippen LogP contribution in [0.3, 0.4) is 0 Å². The number of piperazine rings is 1. The summed E-state index contributed by atoms with van der Waals surface area (Å²) in [5, 5.41) is 8.95. The first-order valence-corrected chi connectivity index (χ1v) is 8.00. The molecule has 0 aromatic heterocycles. The fourth-order valence-electron chi connectivity index (χ4n) is 2.77. The van der Waals surface area contributed by atoms with Crippen LogP contribution in [0.25, 0.3) is 0 Å². The summed E-state index contributed by atoms with van der Waals surface area (Å²) in [7, 11) is 0. The van der Waals surface area contributed by atoms with E-state index in [0.29, 0.717) is 23.5 Å². The van der Waals surface area contributed by atoms with Crippen molar-refractivity contribution in [3.8, 4) is 5.75 Å². The van der Waals surface area contributed by atoms with Crippen molar-refractivity contribution >= 4 is 17.5 Å². The molecule has 7 nitrogen and oxygen atoms in total. The lowest BCUT2D eigenvalue weighted by Gasteiger charge is -2.27. The van der Waals surface area contributed by atoms with Gasteiger partial charge in [0, 0.05) is 38.3 Å². The first-order valence-electron chi connectivity index (χ1n) is 8.00. The molecule has 124 valence electrons. The van der Waals surface area contributed by atoms with Gasteiger partial charge in [-0.15, -0.1) is 0 Å². The summed E-state index contributed by atoms with van der Waals surface area (Å²) < 4.78 is 5.28. The number of amides is 2. The minimum atomic E-state index is -0.203. The van der Waals surface area contributed by atoms with E-state index in [1.54, 1.807) is 18.2 Å². The van der Waals surface area contributed by atoms with Gasteiger partial charge in [0.1, 0.15) is 5.75 Å². The van der Waals surface area contributed by atoms with Crippen LogP contribution in [0.5, 0.6) is 5.75 Å². The third kappa shape index (κ3) is 4.20. The molecule has 0 unspecified atom stereocenters. The zero-order valence-corrected chi connectivity index (χ0v) is 13.1. The van der Waals surface area contributed by atoms with Crippen LogP contribution < -0.4 is 20.7 Å². The highest BCUT2D eigenvalue weighted by atomic mass is 16.5. The highest BCUT2D eigenvalue weighted by molar-refractivity contribution is 5.99. The molecule has 0 saturated carbocycles. The van der Waals surface area contributed by atoms with Crippen molar-refractivity contribution in [2.24, 2.45) is 0 Å². The van der Waals surface area contributed by atoms with E-state index < -0.39 is 0 Å². The number of hydrogen-bond donors (Lipinski definition) is 3. The predicted molar refractivity (Wildman–Crippen MR) is 86.8 cm³/mol. The Kier molecular flexibility index (Phi) is 5.09. The summed E-state index contributed by atoms with van der Waals surface area (Å²) in [5.74, 6) is 0.263. The number of nitrogens with zero attached hydrogens (tertiary/aromatic N) is 1. The molecule has 1 saturated heterocycles. The number of nitrogens with one attached hydrogen (secondary N) is 3. The Morgan fingerprint density at radius 1 is 1.30 bits per heavy atom. The molecular formula is C16H22N4O3. The van der Waals surface area contributed by atoms with Gasteiger partial charge in [-0.2, -0.15) is 0 Å². The molecule has 0 radical (unpaired) electrons. The Bertz CT molecular complexity index is 585. The lowest BCUT2D eigenvalue weighted by molar-refractivity contribution is -0.118. The van der Waals surface area contributed by atoms with Crippen LogP contribution in [0.15, 0.2) is 18.2 Å². The van der Waals surface area contributed by atoms with Crippen molar-refractivity contribution in [2.45, 2.75) is 6.42 Å². The van der Waals surface area contributed by atoms with E-state index in [0.717, 1.165) is 39.1 Å². The molecule has 2 heterocycles. The quantitative estimate of drug-likeness (QED) is 0.668. The number of anilines is 1. The topological polar surface area (TPSA) is 82.7 Å². The second-order valence-corrected chi connectivity index (χ2v) is 5.75. The van der Waals surface area contributed by atoms with Gasteiger partial charge in [-0.3, -0.25) is 9.59 Å². The number of ether oxygens (including phenoxy) is 1. The molecule has 0 atom stereocenters. The maximum absolute atomic E-state index is 12.2. The third-order valence-corrected chi connectivity index (χ3v) is 4.02. The van der Waals surface area contributed by atoms with Crippen molar-refractivity contribution < 1.29 is 14.3 Å². The molecule has 1 aromatic rings. The highest BCUT2D eigenvalue weighted by Crippen LogP contribution is 2.28. The second kappa shape index (κ2) is 7.43. The molecule has 0 aliphatic carbocycles. The third-order valence-electron chi connectivity index (χ3n) is 4.02. The maximum atomic E-state index is 12.2. The summed E-state index contributed by atoms with van der Waals surface area (Å²) in [6, 6.07) is 5.07. The smallest absolute Gasteiger partial charge is 0.262 e. The minimum absolute atomic E-state index is 0.0184. The van der Waals surface area contributed by atoms with Gasteiger partial charge in [-0.25, -0.2) is 0 Å². The van der Waals surface area contributed by atoms with Crippen molar-refractivity contribution in [2.75, 3.05) is 51.2 Å². The van der Waals surface area contributed by atoms with Crippen molar-refractivity contribution in [1.29, 1.82) is 0 Å². The van der Waals surface area contributed by atoms with Crippen LogP contribution >= 0.6 is 0 Å². The molecule has 1 fully saturated rings. The van der Waals surface area contributed by atoms with Crippen LogP contribution in [-0.4, -0.2) is 62.6 Å². The van der Waals surface area contributed by atoms with Crippen molar-refractivity contribution in [3.05, 3.63) is 23.8 Å². The molecule has 3 N–H and O–H groups in total. The van der Waals surface area contributed by atoms with E-state index >= 15 is 0 Å². The number of benzene rings is 1. The monoisotopic (exact) mass is 318 g/mol. The van der Waals surface area contributed by atoms with Gasteiger partial charge in [0.25, 0.3) is 11.8 Å². The molecule has 2 amide bonds. The maximum Gasteiger partial charge on any atom is 0.262 e. The average molecular weight is 318 g/mol. The number of carbonyl (C=O) groups is 2. The largest absolute Gasteiger partial charge is 0.482 e. The van der Waals surface area contributed by atoms with E-state index in [1.165, 1.54) is 0 Å². The molecule has 7 heteroatoms. The number of carbonyl (C=O) groups excluding carboxylic acids is 2. The molecule has 2 aliphatic rings. The Hall–Kier alpha value is -2.12. The number of fused-ring (bicyclic) bond motifs is 1. The van der Waals surface area contributed by atoms with Gasteiger partial charge in [-0.05, 0) is 31.2 Å². The minimum Gasteiger partial charge on any atom is -0.482 e. The van der Waals surface area contributed by atoms with Crippen molar-refractivity contribution in [3.63, 3.8) is 0 Å². The van der Waals surface area contributed by atoms with Gasteiger partial charge >= 0.3 is 0 Å². The summed E-state index contributed by atoms with van der Waals surface area (Å²) in [6.07, 6.45) is 0.927. The first-order chi connectivity index (χ1) is 11.2. The zero-order chi connectivity index (χ0) is 16.1. The average Bonchev–Trinajstić information content (AvgIpc) is 2.58. The standard InChI is InChI=1S/C16H22N4O3/c21-15-11-23-14-3-2-12(10-13(14)19-15)16(22)18-4-1-7-20-8-5-17-6-9-20/h2-3,10,17H,1,4-9,11H2,(H,18,22)(H,19,21). The normalized spacial score (nSPS) is 17.8. The van der Waals surface area contributed by atoms with Crippen LogP contribution in [0, 0.1) is 0 Å². The van der Waals surface area contributed by atoms with Crippen LogP contribution in [-0.2, 0) is 4.79 Å². The first kappa shape index (κ1) is 15.8. The molecule has 3 rings (SSSR count). The molecule has 1 aromatic carbocycles.